The number of hydrogen-bond donors (Lipinski definition) is 1. The van der Waals surface area contributed by atoms with Crippen LogP contribution in [0.4, 0.5) is 0 Å². The quantitative estimate of drug-likeness (QED) is 0.117. The Balaban J connectivity index is 1.18. The predicted molar refractivity (Wildman–Crippen MR) is 200 cm³/mol. The molecule has 2 aliphatic heterocycles. The summed E-state index contributed by atoms with van der Waals surface area (Å²) in [5, 5.41) is 11.4. The van der Waals surface area contributed by atoms with E-state index in [-0.39, 0.29) is 12.7 Å². The molecule has 0 aromatic heterocycles. The molecule has 7 nitrogen and oxygen atoms in total. The van der Waals surface area contributed by atoms with Gasteiger partial charge in [0.2, 0.25) is 0 Å². The fourth-order valence-electron chi connectivity index (χ4n) is 6.81. The van der Waals surface area contributed by atoms with Gasteiger partial charge in [0.05, 0.1) is 39.6 Å². The van der Waals surface area contributed by atoms with E-state index in [2.05, 4.69) is 18.2 Å². The van der Waals surface area contributed by atoms with Crippen molar-refractivity contribution in [1.29, 1.82) is 0 Å². The average molecular weight is 721 g/mol. The molecule has 0 radical (unpaired) electrons. The Hall–Kier alpha value is -4.05. The molecule has 52 heavy (non-hydrogen) atoms. The van der Waals surface area contributed by atoms with Gasteiger partial charge in [-0.1, -0.05) is 127 Å². The van der Waals surface area contributed by atoms with Crippen molar-refractivity contribution in [3.05, 3.63) is 172 Å². The SMILES string of the molecule is OC[C@H]1O[C@@H](c2ccc(Cl)c(Cc3ccc(O[C@@H]4CCOC4)cc3)c2)[C@H](OCc2ccccc2)[C@@H](OCc2ccccc2)[C@@H]1OCc1ccccc1. The lowest BCUT2D eigenvalue weighted by atomic mass is 9.89. The highest BCUT2D eigenvalue weighted by atomic mass is 35.5. The standard InChI is InChI=1S/C44H45ClO7/c45-39-21-18-35(25-36(39)24-31-16-19-37(20-17-31)51-38-22-23-47-30-38)41-43(49-28-33-12-6-2-7-13-33)44(50-29-34-14-8-3-9-15-34)42(40(26-46)52-41)48-27-32-10-4-1-5-11-32/h1-21,25,38,40-44,46H,22-24,26-30H2/t38-,40-,41+,42-,43+,44+/m1/s1. The summed E-state index contributed by atoms with van der Waals surface area (Å²) in [5.74, 6) is 0.828. The van der Waals surface area contributed by atoms with Crippen LogP contribution in [0, 0.1) is 0 Å². The topological polar surface area (TPSA) is 75.6 Å². The fraction of sp³-hybridized carbons (Fsp3) is 0.318. The Labute approximate surface area is 311 Å². The van der Waals surface area contributed by atoms with Gasteiger partial charge in [0.1, 0.15) is 42.4 Å². The van der Waals surface area contributed by atoms with E-state index in [0.717, 1.165) is 52.2 Å². The molecule has 5 aromatic rings. The highest BCUT2D eigenvalue weighted by Gasteiger charge is 2.48. The maximum Gasteiger partial charge on any atom is 0.124 e. The van der Waals surface area contributed by atoms with E-state index in [4.69, 9.17) is 40.0 Å². The summed E-state index contributed by atoms with van der Waals surface area (Å²) in [4.78, 5) is 0. The maximum absolute atomic E-state index is 10.8. The minimum atomic E-state index is -0.678. The zero-order valence-corrected chi connectivity index (χ0v) is 29.9. The lowest BCUT2D eigenvalue weighted by Crippen LogP contribution is -2.58. The number of rotatable bonds is 15. The van der Waals surface area contributed by atoms with Crippen molar-refractivity contribution in [2.45, 2.75) is 69.3 Å². The van der Waals surface area contributed by atoms with Crippen molar-refractivity contribution < 1.29 is 33.5 Å². The van der Waals surface area contributed by atoms with Gasteiger partial charge in [-0.3, -0.25) is 0 Å². The lowest BCUT2D eigenvalue weighted by molar-refractivity contribution is -0.272. The number of benzene rings is 5. The third-order valence-corrected chi connectivity index (χ3v) is 9.95. The molecule has 1 N–H and O–H groups in total. The van der Waals surface area contributed by atoms with Gasteiger partial charge in [0.15, 0.2) is 0 Å². The molecule has 2 saturated heterocycles. The molecular weight excluding hydrogens is 676 g/mol. The number of hydrogen-bond acceptors (Lipinski definition) is 7. The van der Waals surface area contributed by atoms with Crippen molar-refractivity contribution in [1.82, 2.24) is 0 Å². The molecule has 2 heterocycles. The molecule has 0 bridgehead atoms. The van der Waals surface area contributed by atoms with E-state index < -0.39 is 30.5 Å². The van der Waals surface area contributed by atoms with Crippen molar-refractivity contribution in [2.75, 3.05) is 19.8 Å². The van der Waals surface area contributed by atoms with E-state index in [1.54, 1.807) is 0 Å². The summed E-state index contributed by atoms with van der Waals surface area (Å²) in [7, 11) is 0. The summed E-state index contributed by atoms with van der Waals surface area (Å²) in [5.41, 5.74) is 6.00. The molecule has 270 valence electrons. The van der Waals surface area contributed by atoms with Gasteiger partial charge in [-0.15, -0.1) is 0 Å². The Morgan fingerprint density at radius 2 is 1.21 bits per heavy atom. The molecule has 7 rings (SSSR count). The largest absolute Gasteiger partial charge is 0.488 e. The molecule has 2 fully saturated rings. The van der Waals surface area contributed by atoms with Crippen LogP contribution in [-0.2, 0) is 49.9 Å². The van der Waals surface area contributed by atoms with Crippen molar-refractivity contribution >= 4 is 11.6 Å². The zero-order valence-electron chi connectivity index (χ0n) is 29.1. The summed E-state index contributed by atoms with van der Waals surface area (Å²) in [6, 6.07) is 44.2. The highest BCUT2D eigenvalue weighted by Crippen LogP contribution is 2.39. The van der Waals surface area contributed by atoms with E-state index in [0.29, 0.717) is 37.9 Å². The number of ether oxygens (including phenoxy) is 6. The first kappa shape index (κ1) is 36.3. The second-order valence-corrected chi connectivity index (χ2v) is 13.7. The van der Waals surface area contributed by atoms with Crippen molar-refractivity contribution in [2.24, 2.45) is 0 Å². The second kappa shape index (κ2) is 18.1. The first-order valence-electron chi connectivity index (χ1n) is 18.0. The number of halogens is 1. The van der Waals surface area contributed by atoms with Gasteiger partial charge in [-0.2, -0.15) is 0 Å². The van der Waals surface area contributed by atoms with Crippen LogP contribution in [0.5, 0.6) is 5.75 Å². The smallest absolute Gasteiger partial charge is 0.124 e. The van der Waals surface area contributed by atoms with Gasteiger partial charge in [0, 0.05) is 11.4 Å². The predicted octanol–water partition coefficient (Wildman–Crippen LogP) is 8.29. The minimum Gasteiger partial charge on any atom is -0.488 e. The first-order chi connectivity index (χ1) is 25.6. The fourth-order valence-corrected chi connectivity index (χ4v) is 7.00. The van der Waals surface area contributed by atoms with E-state index >= 15 is 0 Å². The summed E-state index contributed by atoms with van der Waals surface area (Å²) in [6.45, 7) is 2.11. The van der Waals surface area contributed by atoms with Crippen LogP contribution in [0.3, 0.4) is 0 Å². The summed E-state index contributed by atoms with van der Waals surface area (Å²) in [6.07, 6.45) is -1.44. The minimum absolute atomic E-state index is 0.0936. The third kappa shape index (κ3) is 9.48. The van der Waals surface area contributed by atoms with Gasteiger partial charge >= 0.3 is 0 Å². The zero-order chi connectivity index (χ0) is 35.5. The Kier molecular flexibility index (Phi) is 12.7. The number of aliphatic hydroxyl groups excluding tert-OH is 1. The number of aliphatic hydroxyl groups is 1. The molecule has 0 spiro atoms. The van der Waals surface area contributed by atoms with Gasteiger partial charge in [-0.25, -0.2) is 0 Å². The van der Waals surface area contributed by atoms with Crippen LogP contribution < -0.4 is 4.74 Å². The molecule has 0 saturated carbocycles. The second-order valence-electron chi connectivity index (χ2n) is 13.3. The summed E-state index contributed by atoms with van der Waals surface area (Å²) < 4.78 is 38.5. The Morgan fingerprint density at radius 1 is 0.635 bits per heavy atom. The van der Waals surface area contributed by atoms with Crippen LogP contribution in [0.2, 0.25) is 5.02 Å². The van der Waals surface area contributed by atoms with Crippen LogP contribution in [0.1, 0.15) is 45.9 Å². The molecule has 0 amide bonds. The molecule has 5 aromatic carbocycles. The van der Waals surface area contributed by atoms with Crippen molar-refractivity contribution in [3.8, 4) is 5.75 Å². The van der Waals surface area contributed by atoms with Crippen molar-refractivity contribution in [3.63, 3.8) is 0 Å². The lowest BCUT2D eigenvalue weighted by Gasteiger charge is -2.46. The normalized spacial score (nSPS) is 23.0. The van der Waals surface area contributed by atoms with Crippen LogP contribution in [-0.4, -0.2) is 55.4 Å². The van der Waals surface area contributed by atoms with Crippen LogP contribution in [0.25, 0.3) is 0 Å². The Morgan fingerprint density at radius 3 is 1.77 bits per heavy atom. The molecular formula is C44H45ClO7. The third-order valence-electron chi connectivity index (χ3n) is 9.58. The van der Waals surface area contributed by atoms with Crippen LogP contribution in [0.15, 0.2) is 133 Å². The highest BCUT2D eigenvalue weighted by molar-refractivity contribution is 6.31. The molecule has 0 unspecified atom stereocenters. The molecule has 8 heteroatoms. The van der Waals surface area contributed by atoms with E-state index in [1.807, 2.05) is 115 Å². The molecule has 6 atom stereocenters. The van der Waals surface area contributed by atoms with Gasteiger partial charge in [-0.05, 0) is 58.0 Å². The van der Waals surface area contributed by atoms with Crippen LogP contribution >= 0.6 is 11.6 Å². The van der Waals surface area contributed by atoms with E-state index in [1.165, 1.54) is 0 Å². The molecule has 2 aliphatic rings. The van der Waals surface area contributed by atoms with Gasteiger partial charge in [0.25, 0.3) is 0 Å². The Bertz CT molecular complexity index is 1800. The van der Waals surface area contributed by atoms with Gasteiger partial charge < -0.3 is 33.5 Å². The van der Waals surface area contributed by atoms with E-state index in [9.17, 15) is 5.11 Å². The monoisotopic (exact) mass is 720 g/mol. The first-order valence-corrected chi connectivity index (χ1v) is 18.4. The average Bonchev–Trinajstić information content (AvgIpc) is 3.71. The maximum atomic E-state index is 10.8. The summed E-state index contributed by atoms with van der Waals surface area (Å²) >= 11 is 6.84. The molecule has 0 aliphatic carbocycles.